The molecule has 53 heavy (non-hydrogen) atoms. The quantitative estimate of drug-likeness (QED) is 0.288. The van der Waals surface area contributed by atoms with Crippen LogP contribution in [0.2, 0.25) is 0 Å². The molecule has 7 rings (SSSR count). The first kappa shape index (κ1) is 36.9. The van der Waals surface area contributed by atoms with E-state index in [2.05, 4.69) is 25.3 Å². The van der Waals surface area contributed by atoms with Gasteiger partial charge in [0.2, 0.25) is 27.7 Å². The zero-order chi connectivity index (χ0) is 37.5. The molecule has 5 atom stereocenters. The fraction of sp³-hybridized carbons (Fsp3) is 0.514. The van der Waals surface area contributed by atoms with Crippen LogP contribution in [0.1, 0.15) is 85.0 Å². The van der Waals surface area contributed by atoms with Crippen molar-refractivity contribution in [1.29, 1.82) is 0 Å². The number of fused-ring (bicyclic) bond motifs is 3. The first-order chi connectivity index (χ1) is 25.4. The molecule has 4 heterocycles. The number of halogens is 1. The molecule has 3 aromatic rings. The normalized spacial score (nSPS) is 27.1. The fourth-order valence-electron chi connectivity index (χ4n) is 7.16. The summed E-state index contributed by atoms with van der Waals surface area (Å²) in [4.78, 5) is 67.9. The maximum Gasteiger partial charge on any atom is 0.262 e. The van der Waals surface area contributed by atoms with Crippen molar-refractivity contribution in [3.05, 3.63) is 63.7 Å². The molecule has 0 bridgehead atoms. The zero-order valence-electron chi connectivity index (χ0n) is 29.6. The Balaban J connectivity index is 1.20. The van der Waals surface area contributed by atoms with Gasteiger partial charge in [-0.25, -0.2) is 22.8 Å². The summed E-state index contributed by atoms with van der Waals surface area (Å²) in [6.07, 6.45) is 7.85. The van der Waals surface area contributed by atoms with E-state index in [1.165, 1.54) is 34.4 Å². The van der Waals surface area contributed by atoms with E-state index < -0.39 is 74.4 Å². The van der Waals surface area contributed by atoms with Gasteiger partial charge in [-0.3, -0.25) is 23.9 Å². The number of sulfonamides is 1. The minimum absolute atomic E-state index is 0.00690. The van der Waals surface area contributed by atoms with Gasteiger partial charge in [-0.2, -0.15) is 0 Å². The van der Waals surface area contributed by atoms with Crippen molar-refractivity contribution in [2.45, 2.75) is 107 Å². The summed E-state index contributed by atoms with van der Waals surface area (Å²) in [6, 6.07) is 5.53. The molecule has 1 saturated heterocycles. The first-order valence-corrected chi connectivity index (χ1v) is 20.6. The molecule has 2 aromatic heterocycles. The lowest BCUT2D eigenvalue weighted by Gasteiger charge is -2.29. The molecule has 2 aliphatic carbocycles. The minimum Gasteiger partial charge on any atom is -0.471 e. The fourth-order valence-corrected chi connectivity index (χ4v) is 9.30. The van der Waals surface area contributed by atoms with Gasteiger partial charge >= 0.3 is 0 Å². The van der Waals surface area contributed by atoms with Crippen LogP contribution in [-0.4, -0.2) is 82.4 Å². The van der Waals surface area contributed by atoms with Crippen LogP contribution < -0.4 is 20.1 Å². The van der Waals surface area contributed by atoms with E-state index in [9.17, 15) is 32.0 Å². The monoisotopic (exact) mass is 766 g/mol. The number of hydrogen-bond acceptors (Lipinski definition) is 10. The van der Waals surface area contributed by atoms with Crippen LogP contribution in [0, 0.1) is 18.7 Å². The molecule has 13 nitrogen and oxygen atoms in total. The van der Waals surface area contributed by atoms with Crippen molar-refractivity contribution in [2.24, 2.45) is 5.92 Å². The van der Waals surface area contributed by atoms with E-state index in [-0.39, 0.29) is 30.8 Å². The van der Waals surface area contributed by atoms with Crippen molar-refractivity contribution in [1.82, 2.24) is 30.2 Å². The molecular formula is C37H43FN6O7S2. The van der Waals surface area contributed by atoms with Crippen LogP contribution in [0.3, 0.4) is 0 Å². The maximum atomic E-state index is 14.5. The summed E-state index contributed by atoms with van der Waals surface area (Å²) in [5.74, 6) is -3.09. The Hall–Kier alpha value is -4.44. The maximum absolute atomic E-state index is 14.5. The topological polar surface area (TPSA) is 177 Å². The van der Waals surface area contributed by atoms with E-state index >= 15 is 0 Å². The summed E-state index contributed by atoms with van der Waals surface area (Å²) in [7, 11) is -3.90. The number of amides is 4. The number of thiophene rings is 1. The number of rotatable bonds is 8. The van der Waals surface area contributed by atoms with E-state index in [1.807, 2.05) is 32.1 Å². The lowest BCUT2D eigenvalue weighted by atomic mass is 10.0. The van der Waals surface area contributed by atoms with Crippen molar-refractivity contribution in [3.8, 4) is 5.88 Å². The second-order valence-electron chi connectivity index (χ2n) is 14.4. The number of aryl methyl sites for hydroxylation is 2. The predicted octanol–water partition coefficient (Wildman–Crippen LogP) is 3.85. The van der Waals surface area contributed by atoms with E-state index in [1.54, 1.807) is 6.07 Å². The number of carbonyl (C=O) groups is 4. The van der Waals surface area contributed by atoms with Crippen molar-refractivity contribution < 1.29 is 36.7 Å². The molecule has 282 valence electrons. The van der Waals surface area contributed by atoms with Crippen LogP contribution in [0.4, 0.5) is 4.39 Å². The van der Waals surface area contributed by atoms with Gasteiger partial charge < -0.3 is 20.3 Å². The largest absolute Gasteiger partial charge is 0.471 e. The first-order valence-electron chi connectivity index (χ1n) is 18.2. The van der Waals surface area contributed by atoms with Crippen molar-refractivity contribution >= 4 is 56.0 Å². The van der Waals surface area contributed by atoms with Crippen molar-refractivity contribution in [3.63, 3.8) is 0 Å². The smallest absolute Gasteiger partial charge is 0.262 e. The van der Waals surface area contributed by atoms with Crippen LogP contribution in [0.15, 0.2) is 42.5 Å². The summed E-state index contributed by atoms with van der Waals surface area (Å²) >= 11 is 1.31. The van der Waals surface area contributed by atoms with Crippen molar-refractivity contribution in [2.75, 3.05) is 6.54 Å². The molecule has 1 unspecified atom stereocenters. The second kappa shape index (κ2) is 14.8. The zero-order valence-corrected chi connectivity index (χ0v) is 31.2. The average molecular weight is 767 g/mol. The Morgan fingerprint density at radius 3 is 2.64 bits per heavy atom. The molecule has 4 amide bonds. The van der Waals surface area contributed by atoms with Gasteiger partial charge in [0.1, 0.15) is 35.2 Å². The number of carbonyl (C=O) groups excluding carboxylic acids is 4. The van der Waals surface area contributed by atoms with Crippen LogP contribution in [-0.2, 0) is 30.8 Å². The average Bonchev–Trinajstić information content (AvgIpc) is 4.01. The Kier molecular flexibility index (Phi) is 10.3. The van der Waals surface area contributed by atoms with E-state index in [4.69, 9.17) is 4.74 Å². The number of hydrogen-bond donors (Lipinski definition) is 3. The molecule has 1 aromatic carbocycles. The predicted molar refractivity (Wildman–Crippen MR) is 195 cm³/mol. The van der Waals surface area contributed by atoms with Crippen LogP contribution in [0.5, 0.6) is 5.88 Å². The highest BCUT2D eigenvalue weighted by atomic mass is 32.2. The van der Waals surface area contributed by atoms with Gasteiger partial charge in [-0.05, 0) is 76.1 Å². The Morgan fingerprint density at radius 1 is 1.09 bits per heavy atom. The number of benzene rings is 1. The second-order valence-corrected chi connectivity index (χ2v) is 17.6. The lowest BCUT2D eigenvalue weighted by molar-refractivity contribution is -0.141. The summed E-state index contributed by atoms with van der Waals surface area (Å²) < 4.78 is 48.3. The molecule has 0 spiro atoms. The van der Waals surface area contributed by atoms with Gasteiger partial charge in [0.25, 0.3) is 11.8 Å². The third-order valence-electron chi connectivity index (χ3n) is 10.4. The lowest BCUT2D eigenvalue weighted by Crippen LogP contribution is -2.58. The third kappa shape index (κ3) is 7.93. The number of nitrogens with one attached hydrogen (secondary N) is 3. The number of ether oxygens (including phenoxy) is 1. The molecule has 16 heteroatoms. The van der Waals surface area contributed by atoms with E-state index in [0.29, 0.717) is 54.6 Å². The number of allylic oxidation sites excluding steroid dienone is 1. The number of nitrogens with zero attached hydrogens (tertiary/aromatic N) is 3. The molecule has 4 aliphatic rings. The van der Waals surface area contributed by atoms with E-state index in [0.717, 1.165) is 17.7 Å². The van der Waals surface area contributed by atoms with Gasteiger partial charge in [-0.15, -0.1) is 11.3 Å². The Morgan fingerprint density at radius 2 is 1.91 bits per heavy atom. The molecule has 3 N–H and O–H groups in total. The molecule has 3 fully saturated rings. The summed E-state index contributed by atoms with van der Waals surface area (Å²) in [5, 5.41) is 5.14. The standard InChI is InChI=1S/C37H43FN6O7S2/c1-3-26-34(41-29-17-23(38)12-15-27(29)39-26)51-24-18-30-32(45)42-37(36(48)43-53(49,50)25-13-14-25)19-22(37)9-7-5-4-6-8-10-28(35(47)44(30)20-24)40-33(46)31-16-11-21(2)52-31/h7,9,11-12,15-17,22,24-25,28,30H,3-6,8,10,13-14,18-20H2,1-2H3,(H,40,46)(H,42,45)(H,43,48)/b9-7-/t22?,24-,28+,30+,37-/m1/s1. The highest BCUT2D eigenvalue weighted by Crippen LogP contribution is 2.46. The van der Waals surface area contributed by atoms with Crippen LogP contribution >= 0.6 is 11.3 Å². The van der Waals surface area contributed by atoms with Gasteiger partial charge in [0.15, 0.2) is 0 Å². The Bertz CT molecular complexity index is 2090. The summed E-state index contributed by atoms with van der Waals surface area (Å²) in [6.45, 7) is 3.71. The molecular weight excluding hydrogens is 724 g/mol. The molecule has 2 saturated carbocycles. The Labute approximate surface area is 311 Å². The third-order valence-corrected chi connectivity index (χ3v) is 13.2. The van der Waals surface area contributed by atoms with Gasteiger partial charge in [-0.1, -0.05) is 31.9 Å². The molecule has 0 radical (unpaired) electrons. The molecule has 2 aliphatic heterocycles. The SMILES string of the molecule is CCc1nc2ccc(F)cc2nc1O[C@@H]1C[C@H]2C(=O)N[C@]3(C(=O)NS(=O)(=O)C4CC4)CC3/C=C\CCCCC[C@H](NC(=O)c3ccc(C)s3)C(=O)N2C1. The highest BCUT2D eigenvalue weighted by Gasteiger charge is 2.62. The van der Waals surface area contributed by atoms with Gasteiger partial charge in [0, 0.05) is 23.3 Å². The van der Waals surface area contributed by atoms with Crippen LogP contribution in [0.25, 0.3) is 11.0 Å². The van der Waals surface area contributed by atoms with Gasteiger partial charge in [0.05, 0.1) is 27.7 Å². The minimum atomic E-state index is -3.90. The highest BCUT2D eigenvalue weighted by molar-refractivity contribution is 7.91. The summed E-state index contributed by atoms with van der Waals surface area (Å²) in [5.41, 5.74) is -0.227. The number of aromatic nitrogens is 2.